The van der Waals surface area contributed by atoms with E-state index in [9.17, 15) is 18.0 Å². The van der Waals surface area contributed by atoms with E-state index in [0.29, 0.717) is 0 Å². The van der Waals surface area contributed by atoms with Gasteiger partial charge in [-0.05, 0) is 55.2 Å². The summed E-state index contributed by atoms with van der Waals surface area (Å²) in [7, 11) is -2.29. The number of nitrogens with one attached hydrogen (secondary N) is 1. The number of anilines is 1. The molecule has 1 fully saturated rings. The number of sulfonamides is 1. The molecule has 0 aromatic heterocycles. The summed E-state index contributed by atoms with van der Waals surface area (Å²) in [5.74, 6) is -1.07. The van der Waals surface area contributed by atoms with Crippen LogP contribution in [0.25, 0.3) is 0 Å². The van der Waals surface area contributed by atoms with Crippen LogP contribution in [-0.2, 0) is 16.6 Å². The highest BCUT2D eigenvalue weighted by Gasteiger charge is 2.30. The third kappa shape index (κ3) is 3.77. The molecule has 0 aliphatic carbocycles. The minimum absolute atomic E-state index is 0.00598. The van der Waals surface area contributed by atoms with Crippen molar-refractivity contribution in [2.24, 2.45) is 0 Å². The summed E-state index contributed by atoms with van der Waals surface area (Å²) < 4.78 is 27.1. The predicted octanol–water partition coefficient (Wildman–Crippen LogP) is 2.38. The third-order valence-corrected chi connectivity index (χ3v) is 7.28. The maximum atomic E-state index is 12.9. The zero-order valence-electron chi connectivity index (χ0n) is 16.2. The molecule has 152 valence electrons. The fraction of sp³-hybridized carbons (Fsp3) is 0.333. The fourth-order valence-electron chi connectivity index (χ4n) is 3.79. The molecule has 1 saturated heterocycles. The number of hydrogen-bond acceptors (Lipinski definition) is 5. The van der Waals surface area contributed by atoms with Gasteiger partial charge in [-0.15, -0.1) is 0 Å². The second kappa shape index (κ2) is 7.61. The highest BCUT2D eigenvalue weighted by Crippen LogP contribution is 2.24. The first kappa shape index (κ1) is 19.6. The van der Waals surface area contributed by atoms with E-state index in [1.165, 1.54) is 48.8 Å². The lowest BCUT2D eigenvalue weighted by Gasteiger charge is -2.29. The van der Waals surface area contributed by atoms with Crippen LogP contribution in [0.3, 0.4) is 0 Å². The van der Waals surface area contributed by atoms with Gasteiger partial charge in [-0.2, -0.15) is 4.31 Å². The van der Waals surface area contributed by atoms with Gasteiger partial charge in [0.25, 0.3) is 11.8 Å². The number of rotatable bonds is 5. The van der Waals surface area contributed by atoms with Crippen molar-refractivity contribution < 1.29 is 18.0 Å². The Hall–Kier alpha value is -2.71. The fourth-order valence-corrected chi connectivity index (χ4v) is 4.98. The Bertz CT molecular complexity index is 1060. The van der Waals surface area contributed by atoms with Crippen LogP contribution in [0.4, 0.5) is 5.69 Å². The summed E-state index contributed by atoms with van der Waals surface area (Å²) >= 11 is 0. The minimum atomic E-state index is -3.80. The number of amides is 2. The van der Waals surface area contributed by atoms with Gasteiger partial charge >= 0.3 is 0 Å². The standard InChI is InChI=1S/C21H23N3O4S/c1-23(14-15-5-7-16(8-6-15)24-11-3-2-4-12-24)29(27,28)17-9-10-18-19(13-17)21(26)22-20(18)25/h5-10,13H,2-4,11-12,14H2,1H3,(H,22,25,26). The molecule has 0 saturated carbocycles. The third-order valence-electron chi connectivity index (χ3n) is 5.48. The first-order valence-corrected chi connectivity index (χ1v) is 11.1. The van der Waals surface area contributed by atoms with E-state index in [4.69, 9.17) is 0 Å². The van der Waals surface area contributed by atoms with Gasteiger partial charge in [0, 0.05) is 32.4 Å². The van der Waals surface area contributed by atoms with Crippen LogP contribution in [0.5, 0.6) is 0 Å². The zero-order chi connectivity index (χ0) is 20.6. The molecule has 1 N–H and O–H groups in total. The first-order chi connectivity index (χ1) is 13.9. The molecule has 0 bridgehead atoms. The van der Waals surface area contributed by atoms with Gasteiger partial charge in [-0.3, -0.25) is 14.9 Å². The number of benzene rings is 2. The van der Waals surface area contributed by atoms with Crippen molar-refractivity contribution in [1.82, 2.24) is 9.62 Å². The van der Waals surface area contributed by atoms with Gasteiger partial charge in [0.05, 0.1) is 16.0 Å². The molecule has 7 nitrogen and oxygen atoms in total. The van der Waals surface area contributed by atoms with Crippen molar-refractivity contribution in [1.29, 1.82) is 0 Å². The summed E-state index contributed by atoms with van der Waals surface area (Å²) in [5, 5.41) is 2.17. The van der Waals surface area contributed by atoms with Crippen molar-refractivity contribution in [3.8, 4) is 0 Å². The summed E-state index contributed by atoms with van der Waals surface area (Å²) in [6.07, 6.45) is 3.68. The number of nitrogens with zero attached hydrogens (tertiary/aromatic N) is 2. The molecular formula is C21H23N3O4S. The molecule has 0 atom stereocenters. The molecule has 29 heavy (non-hydrogen) atoms. The number of hydrogen-bond donors (Lipinski definition) is 1. The molecule has 0 spiro atoms. The number of imide groups is 1. The van der Waals surface area contributed by atoms with Gasteiger partial charge in [0.15, 0.2) is 0 Å². The Kier molecular flexibility index (Phi) is 5.14. The molecule has 0 unspecified atom stereocenters. The molecule has 2 aromatic rings. The Labute approximate surface area is 170 Å². The van der Waals surface area contributed by atoms with E-state index in [1.807, 2.05) is 24.3 Å². The molecule has 4 rings (SSSR count). The van der Waals surface area contributed by atoms with Crippen LogP contribution in [0.2, 0.25) is 0 Å². The number of carbonyl (C=O) groups is 2. The van der Waals surface area contributed by atoms with Gasteiger partial charge in [0.2, 0.25) is 10.0 Å². The normalized spacial score (nSPS) is 16.8. The molecule has 2 amide bonds. The van der Waals surface area contributed by atoms with Crippen LogP contribution < -0.4 is 10.2 Å². The van der Waals surface area contributed by atoms with Gasteiger partial charge in [-0.25, -0.2) is 8.42 Å². The van der Waals surface area contributed by atoms with E-state index in [0.717, 1.165) is 24.3 Å². The topological polar surface area (TPSA) is 86.8 Å². The molecule has 2 heterocycles. The maximum absolute atomic E-state index is 12.9. The molecular weight excluding hydrogens is 390 g/mol. The second-order valence-electron chi connectivity index (χ2n) is 7.47. The molecule has 8 heteroatoms. The maximum Gasteiger partial charge on any atom is 0.258 e. The van der Waals surface area contributed by atoms with Gasteiger partial charge < -0.3 is 4.90 Å². The Morgan fingerprint density at radius 3 is 2.28 bits per heavy atom. The highest BCUT2D eigenvalue weighted by atomic mass is 32.2. The summed E-state index contributed by atoms with van der Waals surface area (Å²) in [6.45, 7) is 2.33. The van der Waals surface area contributed by atoms with Gasteiger partial charge in [-0.1, -0.05) is 12.1 Å². The minimum Gasteiger partial charge on any atom is -0.372 e. The van der Waals surface area contributed by atoms with E-state index in [-0.39, 0.29) is 22.6 Å². The van der Waals surface area contributed by atoms with Crippen LogP contribution in [0, 0.1) is 0 Å². The predicted molar refractivity (Wildman–Crippen MR) is 109 cm³/mol. The second-order valence-corrected chi connectivity index (χ2v) is 9.51. The summed E-state index contributed by atoms with van der Waals surface area (Å²) in [5.41, 5.74) is 2.33. The molecule has 2 aromatic carbocycles. The van der Waals surface area contributed by atoms with E-state index < -0.39 is 21.8 Å². The highest BCUT2D eigenvalue weighted by molar-refractivity contribution is 7.89. The van der Waals surface area contributed by atoms with Crippen LogP contribution >= 0.6 is 0 Å². The molecule has 0 radical (unpaired) electrons. The van der Waals surface area contributed by atoms with Crippen molar-refractivity contribution in [2.75, 3.05) is 25.0 Å². The Morgan fingerprint density at radius 1 is 0.931 bits per heavy atom. The SMILES string of the molecule is CN(Cc1ccc(N2CCCCC2)cc1)S(=O)(=O)c1ccc2c(c1)C(=O)NC2=O. The van der Waals surface area contributed by atoms with Gasteiger partial charge in [0.1, 0.15) is 0 Å². The molecule has 2 aliphatic rings. The number of fused-ring (bicyclic) bond motifs is 1. The largest absolute Gasteiger partial charge is 0.372 e. The average Bonchev–Trinajstić information content (AvgIpc) is 3.02. The Balaban J connectivity index is 1.50. The van der Waals surface area contributed by atoms with Crippen molar-refractivity contribution in [3.05, 3.63) is 59.2 Å². The van der Waals surface area contributed by atoms with E-state index >= 15 is 0 Å². The van der Waals surface area contributed by atoms with Crippen LogP contribution in [0.1, 0.15) is 45.5 Å². The first-order valence-electron chi connectivity index (χ1n) is 9.66. The lowest BCUT2D eigenvalue weighted by atomic mass is 10.1. The number of carbonyl (C=O) groups excluding carboxylic acids is 2. The zero-order valence-corrected chi connectivity index (χ0v) is 17.0. The summed E-state index contributed by atoms with van der Waals surface area (Å²) in [4.78, 5) is 25.8. The lowest BCUT2D eigenvalue weighted by molar-refractivity contribution is 0.0879. The quantitative estimate of drug-likeness (QED) is 0.761. The van der Waals surface area contributed by atoms with Crippen LogP contribution in [-0.4, -0.2) is 44.7 Å². The number of piperidine rings is 1. The van der Waals surface area contributed by atoms with Crippen molar-refractivity contribution in [3.63, 3.8) is 0 Å². The smallest absolute Gasteiger partial charge is 0.258 e. The Morgan fingerprint density at radius 2 is 1.59 bits per heavy atom. The monoisotopic (exact) mass is 413 g/mol. The van der Waals surface area contributed by atoms with Crippen molar-refractivity contribution >= 4 is 27.5 Å². The summed E-state index contributed by atoms with van der Waals surface area (Å²) in [6, 6.07) is 12.0. The molecule has 2 aliphatic heterocycles. The van der Waals surface area contributed by atoms with E-state index in [1.54, 1.807) is 0 Å². The van der Waals surface area contributed by atoms with E-state index in [2.05, 4.69) is 10.2 Å². The van der Waals surface area contributed by atoms with Crippen molar-refractivity contribution in [2.45, 2.75) is 30.7 Å². The van der Waals surface area contributed by atoms with Crippen LogP contribution in [0.15, 0.2) is 47.4 Å². The average molecular weight is 413 g/mol. The lowest BCUT2D eigenvalue weighted by Crippen LogP contribution is -2.29.